The third-order valence-electron chi connectivity index (χ3n) is 8.31. The Morgan fingerprint density at radius 3 is 1.59 bits per heavy atom. The molecular formula is C40H24N6. The van der Waals surface area contributed by atoms with Gasteiger partial charge >= 0.3 is 0 Å². The Bertz CT molecular complexity index is 2820. The largest absolute Gasteiger partial charge is 0.309 e. The van der Waals surface area contributed by atoms with Crippen LogP contribution >= 0.6 is 0 Å². The number of benzene rings is 6. The van der Waals surface area contributed by atoms with E-state index in [-0.39, 0.29) is 23.2 Å². The van der Waals surface area contributed by atoms with E-state index in [4.69, 9.17) is 21.8 Å². The highest BCUT2D eigenvalue weighted by atomic mass is 15.2. The summed E-state index contributed by atoms with van der Waals surface area (Å²) >= 11 is 0. The van der Waals surface area contributed by atoms with Gasteiger partial charge in [0.05, 0.1) is 46.2 Å². The molecule has 214 valence electrons. The van der Waals surface area contributed by atoms with E-state index in [1.165, 1.54) is 0 Å². The molecule has 0 unspecified atom stereocenters. The Morgan fingerprint density at radius 2 is 1.04 bits per heavy atom. The lowest BCUT2D eigenvalue weighted by Gasteiger charge is -2.15. The zero-order valence-corrected chi connectivity index (χ0v) is 24.2. The Morgan fingerprint density at radius 1 is 0.543 bits per heavy atom. The van der Waals surface area contributed by atoms with E-state index in [0.29, 0.717) is 16.8 Å². The maximum Gasteiger partial charge on any atom is 0.238 e. The summed E-state index contributed by atoms with van der Waals surface area (Å²) in [5.74, 6) is 0.261. The molecule has 0 aliphatic heterocycles. The van der Waals surface area contributed by atoms with E-state index < -0.39 is 30.2 Å². The minimum absolute atomic E-state index is 0.0932. The number of hydrogen-bond acceptors (Lipinski definition) is 4. The topological polar surface area (TPSA) is 72.3 Å². The molecule has 0 saturated heterocycles. The molecule has 0 amide bonds. The van der Waals surface area contributed by atoms with Gasteiger partial charge in [-0.3, -0.25) is 4.57 Å². The van der Waals surface area contributed by atoms with Crippen LogP contribution in [-0.4, -0.2) is 24.1 Å². The number of aromatic nitrogens is 5. The molecule has 3 aromatic heterocycles. The number of nitriles is 1. The molecule has 0 radical (unpaired) electrons. The average molecular weight is 594 g/mol. The van der Waals surface area contributed by atoms with E-state index in [2.05, 4.69) is 22.8 Å². The van der Waals surface area contributed by atoms with Crippen LogP contribution in [0.1, 0.15) is 12.4 Å². The summed E-state index contributed by atoms with van der Waals surface area (Å²) in [6, 6.07) is 37.1. The van der Waals surface area contributed by atoms with Crippen molar-refractivity contribution in [3.8, 4) is 40.5 Å². The summed E-state index contributed by atoms with van der Waals surface area (Å²) in [6.45, 7) is 0. The molecule has 6 nitrogen and oxygen atoms in total. The van der Waals surface area contributed by atoms with Gasteiger partial charge < -0.3 is 4.57 Å². The van der Waals surface area contributed by atoms with E-state index >= 15 is 0 Å². The molecule has 0 atom stereocenters. The van der Waals surface area contributed by atoms with Crippen LogP contribution < -0.4 is 0 Å². The van der Waals surface area contributed by atoms with Crippen molar-refractivity contribution in [3.63, 3.8) is 0 Å². The Labute approximate surface area is 271 Å². The number of para-hydroxylation sites is 4. The Kier molecular flexibility index (Phi) is 4.72. The minimum Gasteiger partial charge on any atom is -0.309 e. The van der Waals surface area contributed by atoms with Crippen molar-refractivity contribution < 1.29 is 6.85 Å². The van der Waals surface area contributed by atoms with Gasteiger partial charge in [-0.1, -0.05) is 103 Å². The Balaban J connectivity index is 1.43. The molecular weight excluding hydrogens is 564 g/mol. The van der Waals surface area contributed by atoms with Crippen LogP contribution in [0.15, 0.2) is 145 Å². The molecule has 0 saturated carbocycles. The predicted molar refractivity (Wildman–Crippen MR) is 184 cm³/mol. The van der Waals surface area contributed by atoms with E-state index in [1.807, 2.05) is 95.6 Å². The molecule has 6 aromatic carbocycles. The molecule has 0 bridgehead atoms. The molecule has 46 heavy (non-hydrogen) atoms. The van der Waals surface area contributed by atoms with Crippen LogP contribution in [0.4, 0.5) is 0 Å². The second-order valence-electron chi connectivity index (χ2n) is 10.9. The maximum absolute atomic E-state index is 10.1. The standard InChI is InChI=1S/C40H24N6/c41-25-26-22-23-37(45-33-18-8-4-14-28(33)29-15-5-9-19-34(29)45)32(24-26)39-42-38(27-12-2-1-3-13-27)43-40(44-39)46-35-20-10-6-16-30(35)31-17-7-11-21-36(31)46/h1-24H/i1D,2D,3D,12D,13D. The zero-order chi connectivity index (χ0) is 35.0. The fourth-order valence-corrected chi connectivity index (χ4v) is 6.36. The summed E-state index contributed by atoms with van der Waals surface area (Å²) in [5.41, 5.74) is 4.92. The van der Waals surface area contributed by atoms with Crippen LogP contribution in [-0.2, 0) is 0 Å². The van der Waals surface area contributed by atoms with Crippen LogP contribution in [0.2, 0.25) is 0 Å². The fraction of sp³-hybridized carbons (Fsp3) is 0. The van der Waals surface area contributed by atoms with E-state index in [9.17, 15) is 5.26 Å². The lowest BCUT2D eigenvalue weighted by Crippen LogP contribution is -2.08. The van der Waals surface area contributed by atoms with Crippen molar-refractivity contribution in [2.75, 3.05) is 0 Å². The van der Waals surface area contributed by atoms with E-state index in [0.717, 1.165) is 43.6 Å². The van der Waals surface area contributed by atoms with Crippen LogP contribution in [0.25, 0.3) is 78.0 Å². The van der Waals surface area contributed by atoms with Gasteiger partial charge in [0.25, 0.3) is 0 Å². The van der Waals surface area contributed by atoms with Gasteiger partial charge in [0, 0.05) is 32.7 Å². The molecule has 9 aromatic rings. The van der Waals surface area contributed by atoms with E-state index in [1.54, 1.807) is 12.1 Å². The highest BCUT2D eigenvalue weighted by Gasteiger charge is 2.21. The number of nitrogens with zero attached hydrogens (tertiary/aromatic N) is 6. The van der Waals surface area contributed by atoms with Crippen molar-refractivity contribution in [3.05, 3.63) is 151 Å². The lowest BCUT2D eigenvalue weighted by molar-refractivity contribution is 0.951. The van der Waals surface area contributed by atoms with Crippen molar-refractivity contribution >= 4 is 43.6 Å². The maximum atomic E-state index is 10.1. The van der Waals surface area contributed by atoms with Crippen molar-refractivity contribution in [1.82, 2.24) is 24.1 Å². The monoisotopic (exact) mass is 593 g/mol. The normalized spacial score (nSPS) is 13.0. The van der Waals surface area contributed by atoms with Gasteiger partial charge in [0.15, 0.2) is 11.6 Å². The summed E-state index contributed by atoms with van der Waals surface area (Å²) in [7, 11) is 0. The second-order valence-corrected chi connectivity index (χ2v) is 10.9. The second kappa shape index (κ2) is 10.3. The van der Waals surface area contributed by atoms with Gasteiger partial charge in [-0.05, 0) is 42.5 Å². The van der Waals surface area contributed by atoms with Gasteiger partial charge in [0.2, 0.25) is 5.95 Å². The fourth-order valence-electron chi connectivity index (χ4n) is 6.36. The molecule has 0 fully saturated rings. The minimum atomic E-state index is -0.513. The summed E-state index contributed by atoms with van der Waals surface area (Å²) in [6.07, 6.45) is 0. The summed E-state index contributed by atoms with van der Waals surface area (Å²) in [4.78, 5) is 14.8. The first-order chi connectivity index (χ1) is 24.9. The molecule has 3 heterocycles. The van der Waals surface area contributed by atoms with Crippen molar-refractivity contribution in [1.29, 1.82) is 5.26 Å². The van der Waals surface area contributed by atoms with Gasteiger partial charge in [-0.25, -0.2) is 4.98 Å². The van der Waals surface area contributed by atoms with Gasteiger partial charge in [-0.2, -0.15) is 15.2 Å². The number of fused-ring (bicyclic) bond motifs is 6. The van der Waals surface area contributed by atoms with Crippen LogP contribution in [0.3, 0.4) is 0 Å². The quantitative estimate of drug-likeness (QED) is 0.204. The van der Waals surface area contributed by atoms with Gasteiger partial charge in [-0.15, -0.1) is 0 Å². The molecule has 0 aliphatic carbocycles. The van der Waals surface area contributed by atoms with Crippen LogP contribution in [0, 0.1) is 11.3 Å². The van der Waals surface area contributed by atoms with Gasteiger partial charge in [0.1, 0.15) is 0 Å². The highest BCUT2D eigenvalue weighted by Crippen LogP contribution is 2.37. The Hall–Kier alpha value is -6.58. The molecule has 0 N–H and O–H groups in total. The number of rotatable bonds is 4. The molecule has 9 rings (SSSR count). The average Bonchev–Trinajstić information content (AvgIpc) is 3.69. The first kappa shape index (κ1) is 21.2. The highest BCUT2D eigenvalue weighted by molar-refractivity contribution is 6.10. The molecule has 0 aliphatic rings. The van der Waals surface area contributed by atoms with Crippen molar-refractivity contribution in [2.45, 2.75) is 0 Å². The third kappa shape index (κ3) is 3.93. The number of hydrogen-bond donors (Lipinski definition) is 0. The lowest BCUT2D eigenvalue weighted by atomic mass is 10.1. The van der Waals surface area contributed by atoms with Crippen molar-refractivity contribution in [2.24, 2.45) is 0 Å². The summed E-state index contributed by atoms with van der Waals surface area (Å²) in [5, 5.41) is 14.1. The smallest absolute Gasteiger partial charge is 0.238 e. The molecule has 6 heteroatoms. The summed E-state index contributed by atoms with van der Waals surface area (Å²) < 4.78 is 46.7. The SMILES string of the molecule is [2H]c1c([2H])c([2H])c(-c2nc(-c3cc(C#N)ccc3-n3c4ccccc4c4ccccc43)nc(-n3c4ccccc4c4ccccc43)n2)c([2H])c1[2H]. The first-order valence-electron chi connectivity index (χ1n) is 17.2. The van der Waals surface area contributed by atoms with Crippen LogP contribution in [0.5, 0.6) is 0 Å². The predicted octanol–water partition coefficient (Wildman–Crippen LogP) is 9.27. The first-order valence-corrected chi connectivity index (χ1v) is 14.7. The third-order valence-corrected chi connectivity index (χ3v) is 8.31. The molecule has 0 spiro atoms. The zero-order valence-electron chi connectivity index (χ0n) is 29.2.